The van der Waals surface area contributed by atoms with Gasteiger partial charge in [-0.3, -0.25) is 9.59 Å². The average Bonchev–Trinajstić information content (AvgIpc) is 3.38. The van der Waals surface area contributed by atoms with E-state index in [9.17, 15) is 23.1 Å². The smallest absolute Gasteiger partial charge is 0.291 e. The molecule has 2 heterocycles. The van der Waals surface area contributed by atoms with Crippen LogP contribution < -0.4 is 10.6 Å². The quantitative estimate of drug-likeness (QED) is 0.573. The number of anilines is 1. The van der Waals surface area contributed by atoms with Crippen molar-refractivity contribution in [3.63, 3.8) is 0 Å². The Kier molecular flexibility index (Phi) is 6.16. The van der Waals surface area contributed by atoms with E-state index in [1.807, 2.05) is 0 Å². The van der Waals surface area contributed by atoms with Crippen LogP contribution in [0.3, 0.4) is 0 Å². The molecule has 0 radical (unpaired) electrons. The Hall–Kier alpha value is -2.95. The highest BCUT2D eigenvalue weighted by atomic mass is 32.2. The van der Waals surface area contributed by atoms with Gasteiger partial charge in [0.25, 0.3) is 5.91 Å². The van der Waals surface area contributed by atoms with Gasteiger partial charge >= 0.3 is 0 Å². The number of rotatable bonds is 7. The summed E-state index contributed by atoms with van der Waals surface area (Å²) in [5.74, 6) is -0.717. The summed E-state index contributed by atoms with van der Waals surface area (Å²) < 4.78 is 32.2. The molecule has 0 aliphatic carbocycles. The molecule has 3 N–H and O–H groups in total. The van der Waals surface area contributed by atoms with Gasteiger partial charge in [-0.2, -0.15) is 4.31 Å². The molecule has 1 aliphatic rings. The van der Waals surface area contributed by atoms with Crippen LogP contribution in [0.25, 0.3) is 0 Å². The maximum Gasteiger partial charge on any atom is 0.291 e. The van der Waals surface area contributed by atoms with Gasteiger partial charge in [0.05, 0.1) is 23.8 Å². The van der Waals surface area contributed by atoms with Gasteiger partial charge in [0.1, 0.15) is 0 Å². The predicted octanol–water partition coefficient (Wildman–Crippen LogP) is 0.958. The third kappa shape index (κ3) is 4.56. The summed E-state index contributed by atoms with van der Waals surface area (Å²) in [6.07, 6.45) is 2.79. The van der Waals surface area contributed by atoms with E-state index in [1.54, 1.807) is 6.07 Å². The number of carbonyl (C=O) groups is 2. The third-order valence-electron chi connectivity index (χ3n) is 4.57. The van der Waals surface area contributed by atoms with Gasteiger partial charge < -0.3 is 20.2 Å². The highest BCUT2D eigenvalue weighted by Crippen LogP contribution is 2.27. The molecule has 2 atom stereocenters. The lowest BCUT2D eigenvalue weighted by Gasteiger charge is -2.22. The van der Waals surface area contributed by atoms with Crippen LogP contribution in [0.4, 0.5) is 5.69 Å². The molecule has 0 saturated carbocycles. The molecule has 9 nitrogen and oxygen atoms in total. The first-order valence-corrected chi connectivity index (χ1v) is 10.3. The van der Waals surface area contributed by atoms with Gasteiger partial charge in [0.15, 0.2) is 5.76 Å². The molecule has 1 aromatic heterocycles. The van der Waals surface area contributed by atoms with Crippen molar-refractivity contribution in [2.45, 2.75) is 23.4 Å². The molecule has 1 aliphatic heterocycles. The lowest BCUT2D eigenvalue weighted by atomic mass is 10.2. The van der Waals surface area contributed by atoms with E-state index in [0.29, 0.717) is 12.1 Å². The maximum absolute atomic E-state index is 13.0. The fourth-order valence-electron chi connectivity index (χ4n) is 3.16. The topological polar surface area (TPSA) is 129 Å². The standard InChI is InChI=1S/C19H21N3O6S/c1-2-18(24)20-14-10-15(12-23)22(11-14)29(26,27)16-7-5-13(6-8-16)21-19(25)17-4-3-9-28-17/h2-9,14-15,23H,1,10-12H2,(H,20,24)(H,21,25). The molecular formula is C19H21N3O6S. The Morgan fingerprint density at radius 1 is 1.28 bits per heavy atom. The third-order valence-corrected chi connectivity index (χ3v) is 6.50. The van der Waals surface area contributed by atoms with Crippen molar-refractivity contribution in [1.29, 1.82) is 0 Å². The van der Waals surface area contributed by atoms with Gasteiger partial charge in [-0.1, -0.05) is 6.58 Å². The summed E-state index contributed by atoms with van der Waals surface area (Å²) in [7, 11) is -3.90. The molecule has 1 saturated heterocycles. The van der Waals surface area contributed by atoms with Crippen LogP contribution in [-0.2, 0) is 14.8 Å². The molecular weight excluding hydrogens is 398 g/mol. The Balaban J connectivity index is 1.73. The van der Waals surface area contributed by atoms with Crippen molar-refractivity contribution in [2.24, 2.45) is 0 Å². The Labute approximate surface area is 168 Å². The number of hydrogen-bond donors (Lipinski definition) is 3. The van der Waals surface area contributed by atoms with E-state index < -0.39 is 33.9 Å². The number of nitrogens with one attached hydrogen (secondary N) is 2. The van der Waals surface area contributed by atoms with E-state index in [0.717, 1.165) is 6.08 Å². The molecule has 2 unspecified atom stereocenters. The monoisotopic (exact) mass is 419 g/mol. The minimum atomic E-state index is -3.90. The van der Waals surface area contributed by atoms with Gasteiger partial charge in [0, 0.05) is 18.3 Å². The first-order valence-electron chi connectivity index (χ1n) is 8.85. The van der Waals surface area contributed by atoms with E-state index in [4.69, 9.17) is 4.42 Å². The van der Waals surface area contributed by atoms with Crippen molar-refractivity contribution >= 4 is 27.5 Å². The largest absolute Gasteiger partial charge is 0.459 e. The molecule has 2 amide bonds. The molecule has 154 valence electrons. The van der Waals surface area contributed by atoms with Crippen LogP contribution in [0.1, 0.15) is 17.0 Å². The Bertz CT molecular complexity index is 985. The lowest BCUT2D eigenvalue weighted by Crippen LogP contribution is -2.39. The second-order valence-electron chi connectivity index (χ2n) is 6.51. The summed E-state index contributed by atoms with van der Waals surface area (Å²) in [5, 5.41) is 14.9. The summed E-state index contributed by atoms with van der Waals surface area (Å²) >= 11 is 0. The fourth-order valence-corrected chi connectivity index (χ4v) is 4.83. The van der Waals surface area contributed by atoms with Gasteiger partial charge in [-0.05, 0) is 48.9 Å². The molecule has 29 heavy (non-hydrogen) atoms. The number of aliphatic hydroxyl groups is 1. The van der Waals surface area contributed by atoms with Crippen LogP contribution in [-0.4, -0.2) is 54.9 Å². The summed E-state index contributed by atoms with van der Waals surface area (Å²) in [4.78, 5) is 23.5. The molecule has 2 aromatic rings. The number of nitrogens with zero attached hydrogens (tertiary/aromatic N) is 1. The van der Waals surface area contributed by atoms with Crippen LogP contribution in [0.15, 0.2) is 64.6 Å². The second kappa shape index (κ2) is 8.60. The second-order valence-corrected chi connectivity index (χ2v) is 8.40. The van der Waals surface area contributed by atoms with Gasteiger partial charge in [0.2, 0.25) is 15.9 Å². The lowest BCUT2D eigenvalue weighted by molar-refractivity contribution is -0.117. The van der Waals surface area contributed by atoms with E-state index >= 15 is 0 Å². The fraction of sp³-hybridized carbons (Fsp3) is 0.263. The molecule has 1 fully saturated rings. The number of aliphatic hydroxyl groups excluding tert-OH is 1. The van der Waals surface area contributed by atoms with Crippen molar-refractivity contribution in [3.8, 4) is 0 Å². The minimum absolute atomic E-state index is 0.0163. The Morgan fingerprint density at radius 3 is 2.59 bits per heavy atom. The first kappa shape index (κ1) is 20.8. The zero-order valence-corrected chi connectivity index (χ0v) is 16.3. The Morgan fingerprint density at radius 2 is 2.00 bits per heavy atom. The zero-order valence-electron chi connectivity index (χ0n) is 15.4. The maximum atomic E-state index is 13.0. The van der Waals surface area contributed by atoms with Crippen LogP contribution in [0.2, 0.25) is 0 Å². The van der Waals surface area contributed by atoms with E-state index in [2.05, 4.69) is 17.2 Å². The summed E-state index contributed by atoms with van der Waals surface area (Å²) in [6.45, 7) is 3.05. The molecule has 3 rings (SSSR count). The number of furan rings is 1. The summed E-state index contributed by atoms with van der Waals surface area (Å²) in [6, 6.07) is 7.71. The van der Waals surface area contributed by atoms with Crippen LogP contribution >= 0.6 is 0 Å². The highest BCUT2D eigenvalue weighted by Gasteiger charge is 2.40. The molecule has 10 heteroatoms. The number of benzene rings is 1. The SMILES string of the molecule is C=CC(=O)NC1CC(CO)N(S(=O)(=O)c2ccc(NC(=O)c3ccco3)cc2)C1. The van der Waals surface area contributed by atoms with Crippen LogP contribution in [0, 0.1) is 0 Å². The molecule has 0 spiro atoms. The van der Waals surface area contributed by atoms with Crippen molar-refractivity contribution in [1.82, 2.24) is 9.62 Å². The van der Waals surface area contributed by atoms with Gasteiger partial charge in [-0.15, -0.1) is 0 Å². The molecule has 0 bridgehead atoms. The van der Waals surface area contributed by atoms with Crippen molar-refractivity contribution in [2.75, 3.05) is 18.5 Å². The number of sulfonamides is 1. The number of carbonyl (C=O) groups excluding carboxylic acids is 2. The van der Waals surface area contributed by atoms with Crippen molar-refractivity contribution in [3.05, 3.63) is 61.1 Å². The average molecular weight is 419 g/mol. The van der Waals surface area contributed by atoms with Crippen LogP contribution in [0.5, 0.6) is 0 Å². The van der Waals surface area contributed by atoms with E-state index in [1.165, 1.54) is 40.9 Å². The predicted molar refractivity (Wildman–Crippen MR) is 105 cm³/mol. The molecule has 1 aromatic carbocycles. The van der Waals surface area contributed by atoms with E-state index in [-0.39, 0.29) is 23.8 Å². The zero-order chi connectivity index (χ0) is 21.0. The van der Waals surface area contributed by atoms with Gasteiger partial charge in [-0.25, -0.2) is 8.42 Å². The number of amides is 2. The highest BCUT2D eigenvalue weighted by molar-refractivity contribution is 7.89. The first-order chi connectivity index (χ1) is 13.8. The minimum Gasteiger partial charge on any atom is -0.459 e. The normalized spacial score (nSPS) is 19.6. The number of hydrogen-bond acceptors (Lipinski definition) is 6. The summed E-state index contributed by atoms with van der Waals surface area (Å²) in [5.41, 5.74) is 0.404. The van der Waals surface area contributed by atoms with Crippen molar-refractivity contribution < 1.29 is 27.5 Å².